The van der Waals surface area contributed by atoms with Crippen molar-refractivity contribution in [3.63, 3.8) is 0 Å². The molecule has 5 nitrogen and oxygen atoms in total. The van der Waals surface area contributed by atoms with E-state index < -0.39 is 33.5 Å². The molecule has 0 aromatic carbocycles. The second kappa shape index (κ2) is 5.00. The van der Waals surface area contributed by atoms with E-state index in [9.17, 15) is 26.4 Å². The number of hydrogen-bond donors (Lipinski definition) is 2. The minimum absolute atomic E-state index is 0.233. The van der Waals surface area contributed by atoms with Gasteiger partial charge in [-0.3, -0.25) is 4.79 Å². The Hall–Kier alpha value is -0.830. The number of rotatable bonds is 5. The summed E-state index contributed by atoms with van der Waals surface area (Å²) in [7, 11) is -5.63. The molecule has 0 aromatic heterocycles. The fourth-order valence-electron chi connectivity index (χ4n) is 0.880. The molecule has 0 amide bonds. The zero-order valence-electron chi connectivity index (χ0n) is 8.58. The molecule has 2 N–H and O–H groups in total. The maximum Gasteiger partial charge on any atom is 0.511 e. The SMILES string of the molecule is CCC(C)C(NS(=O)(=O)C(F)(F)F)C(=O)O. The second-order valence-corrected chi connectivity index (χ2v) is 4.97. The monoisotopic (exact) mass is 263 g/mol. The molecule has 0 rings (SSSR count). The van der Waals surface area contributed by atoms with Gasteiger partial charge in [0.2, 0.25) is 0 Å². The smallest absolute Gasteiger partial charge is 0.480 e. The number of carboxylic acid groups (broad SMARTS) is 1. The number of alkyl halides is 3. The quantitative estimate of drug-likeness (QED) is 0.772. The maximum atomic E-state index is 12.0. The Morgan fingerprint density at radius 3 is 2.12 bits per heavy atom. The van der Waals surface area contributed by atoms with Crippen molar-refractivity contribution in [2.75, 3.05) is 0 Å². The summed E-state index contributed by atoms with van der Waals surface area (Å²) in [6.45, 7) is 2.89. The number of aliphatic carboxylic acids is 1. The van der Waals surface area contributed by atoms with E-state index in [0.717, 1.165) is 4.72 Å². The number of nitrogens with one attached hydrogen (secondary N) is 1. The first kappa shape index (κ1) is 15.2. The van der Waals surface area contributed by atoms with Crippen LogP contribution in [0.25, 0.3) is 0 Å². The molecule has 0 saturated heterocycles. The number of hydrogen-bond acceptors (Lipinski definition) is 3. The van der Waals surface area contributed by atoms with Crippen LogP contribution in [-0.4, -0.2) is 31.0 Å². The van der Waals surface area contributed by atoms with Gasteiger partial charge in [0.1, 0.15) is 6.04 Å². The Morgan fingerprint density at radius 1 is 1.44 bits per heavy atom. The van der Waals surface area contributed by atoms with Crippen molar-refractivity contribution in [1.82, 2.24) is 4.72 Å². The molecule has 2 atom stereocenters. The van der Waals surface area contributed by atoms with E-state index in [4.69, 9.17) is 5.11 Å². The lowest BCUT2D eigenvalue weighted by atomic mass is 10.0. The van der Waals surface area contributed by atoms with Crippen molar-refractivity contribution in [2.45, 2.75) is 31.8 Å². The average Bonchev–Trinajstić information content (AvgIpc) is 2.10. The van der Waals surface area contributed by atoms with Gasteiger partial charge >= 0.3 is 21.5 Å². The third-order valence-corrected chi connectivity index (χ3v) is 3.24. The molecule has 96 valence electrons. The molecule has 0 aliphatic carbocycles. The van der Waals surface area contributed by atoms with E-state index in [-0.39, 0.29) is 6.42 Å². The highest BCUT2D eigenvalue weighted by molar-refractivity contribution is 7.90. The van der Waals surface area contributed by atoms with Gasteiger partial charge in [-0.2, -0.15) is 17.9 Å². The fourth-order valence-corrected chi connectivity index (χ4v) is 1.68. The first-order valence-corrected chi connectivity index (χ1v) is 5.82. The number of sulfonamides is 1. The topological polar surface area (TPSA) is 83.5 Å². The van der Waals surface area contributed by atoms with Gasteiger partial charge in [0.05, 0.1) is 0 Å². The van der Waals surface area contributed by atoms with Gasteiger partial charge in [-0.15, -0.1) is 0 Å². The molecule has 0 heterocycles. The molecule has 0 saturated carbocycles. The zero-order chi connectivity index (χ0) is 13.1. The van der Waals surface area contributed by atoms with Crippen molar-refractivity contribution >= 4 is 16.0 Å². The summed E-state index contributed by atoms with van der Waals surface area (Å²) in [4.78, 5) is 10.6. The second-order valence-electron chi connectivity index (χ2n) is 3.27. The van der Waals surface area contributed by atoms with Gasteiger partial charge in [-0.1, -0.05) is 20.3 Å². The van der Waals surface area contributed by atoms with Crippen LogP contribution in [0.1, 0.15) is 20.3 Å². The van der Waals surface area contributed by atoms with Gasteiger partial charge in [-0.05, 0) is 5.92 Å². The lowest BCUT2D eigenvalue weighted by Crippen LogP contribution is -2.49. The van der Waals surface area contributed by atoms with Crippen molar-refractivity contribution < 1.29 is 31.5 Å². The minimum atomic E-state index is -5.63. The molecular formula is C7H12F3NO4S. The molecule has 0 fully saturated rings. The summed E-state index contributed by atoms with van der Waals surface area (Å²) >= 11 is 0. The molecule has 0 spiro atoms. The average molecular weight is 263 g/mol. The van der Waals surface area contributed by atoms with E-state index >= 15 is 0 Å². The van der Waals surface area contributed by atoms with Crippen LogP contribution in [0.5, 0.6) is 0 Å². The Kier molecular flexibility index (Phi) is 4.74. The van der Waals surface area contributed by atoms with Crippen molar-refractivity contribution in [3.05, 3.63) is 0 Å². The standard InChI is InChI=1S/C7H12F3NO4S/c1-3-4(2)5(6(12)13)11-16(14,15)7(8,9)10/h4-5,11H,3H2,1-2H3,(H,12,13). The predicted molar refractivity (Wildman–Crippen MR) is 49.0 cm³/mol. The van der Waals surface area contributed by atoms with E-state index in [1.807, 2.05) is 0 Å². The van der Waals surface area contributed by atoms with Crippen molar-refractivity contribution in [2.24, 2.45) is 5.92 Å². The molecule has 9 heteroatoms. The molecule has 0 aliphatic rings. The molecule has 2 unspecified atom stereocenters. The summed E-state index contributed by atoms with van der Waals surface area (Å²) in [5, 5.41) is 8.61. The van der Waals surface area contributed by atoms with Gasteiger partial charge in [0, 0.05) is 0 Å². The van der Waals surface area contributed by atoms with Crippen LogP contribution >= 0.6 is 0 Å². The van der Waals surface area contributed by atoms with Crippen molar-refractivity contribution in [1.29, 1.82) is 0 Å². The normalized spacial score (nSPS) is 16.8. The molecular weight excluding hydrogens is 251 g/mol. The first-order valence-electron chi connectivity index (χ1n) is 4.34. The highest BCUT2D eigenvalue weighted by Gasteiger charge is 2.48. The van der Waals surface area contributed by atoms with Crippen LogP contribution in [0.4, 0.5) is 13.2 Å². The van der Waals surface area contributed by atoms with Crippen LogP contribution < -0.4 is 4.72 Å². The summed E-state index contributed by atoms with van der Waals surface area (Å²) in [6.07, 6.45) is 0.233. The van der Waals surface area contributed by atoms with Crippen LogP contribution in [0.2, 0.25) is 0 Å². The summed E-state index contributed by atoms with van der Waals surface area (Å²) in [6, 6.07) is -1.78. The van der Waals surface area contributed by atoms with Crippen LogP contribution in [0.15, 0.2) is 0 Å². The Balaban J connectivity index is 4.99. The highest BCUT2D eigenvalue weighted by atomic mass is 32.2. The molecule has 0 aliphatic heterocycles. The summed E-state index contributed by atoms with van der Waals surface area (Å²) in [5.41, 5.74) is -5.51. The van der Waals surface area contributed by atoms with Gasteiger partial charge in [-0.25, -0.2) is 8.42 Å². The minimum Gasteiger partial charge on any atom is -0.480 e. The third-order valence-electron chi connectivity index (χ3n) is 2.07. The van der Waals surface area contributed by atoms with E-state index in [1.165, 1.54) is 6.92 Å². The van der Waals surface area contributed by atoms with E-state index in [1.54, 1.807) is 6.92 Å². The van der Waals surface area contributed by atoms with Gasteiger partial charge in [0.25, 0.3) is 0 Å². The third kappa shape index (κ3) is 3.63. The predicted octanol–water partition coefficient (Wildman–Crippen LogP) is 0.925. The maximum absolute atomic E-state index is 12.0. The van der Waals surface area contributed by atoms with E-state index in [0.29, 0.717) is 0 Å². The number of halogens is 3. The van der Waals surface area contributed by atoms with Crippen LogP contribution in [-0.2, 0) is 14.8 Å². The number of carboxylic acids is 1. The van der Waals surface area contributed by atoms with Crippen LogP contribution in [0, 0.1) is 5.92 Å². The van der Waals surface area contributed by atoms with Crippen LogP contribution in [0.3, 0.4) is 0 Å². The Morgan fingerprint density at radius 2 is 1.88 bits per heavy atom. The Labute approximate surface area is 90.7 Å². The largest absolute Gasteiger partial charge is 0.511 e. The zero-order valence-corrected chi connectivity index (χ0v) is 9.39. The summed E-state index contributed by atoms with van der Waals surface area (Å²) < 4.78 is 58.5. The highest BCUT2D eigenvalue weighted by Crippen LogP contribution is 2.23. The lowest BCUT2D eigenvalue weighted by Gasteiger charge is -2.20. The molecule has 16 heavy (non-hydrogen) atoms. The van der Waals surface area contributed by atoms with Crippen molar-refractivity contribution in [3.8, 4) is 0 Å². The van der Waals surface area contributed by atoms with Gasteiger partial charge in [0.15, 0.2) is 0 Å². The lowest BCUT2D eigenvalue weighted by molar-refractivity contribution is -0.140. The fraction of sp³-hybridized carbons (Fsp3) is 0.857. The van der Waals surface area contributed by atoms with Gasteiger partial charge < -0.3 is 5.11 Å². The molecule has 0 bridgehead atoms. The summed E-state index contributed by atoms with van der Waals surface area (Å²) in [5.74, 6) is -2.38. The molecule has 0 aromatic rings. The Bertz CT molecular complexity index is 351. The van der Waals surface area contributed by atoms with E-state index in [2.05, 4.69) is 0 Å². The molecule has 0 radical (unpaired) electrons. The number of carbonyl (C=O) groups is 1. The first-order chi connectivity index (χ1) is 7.03.